The lowest BCUT2D eigenvalue weighted by Crippen LogP contribution is -2.43. The SMILES string of the molecule is NC1=N[C@@](c2cc(CC(=O)c3ccc(OCC(F)(F)F)cn3)ccc2F)(C(F)F)[C@H]2C[C@H]2O1. The summed E-state index contributed by atoms with van der Waals surface area (Å²) in [5.41, 5.74) is 3.09. The molecule has 2 heterocycles. The fourth-order valence-electron chi connectivity index (χ4n) is 3.86. The zero-order valence-corrected chi connectivity index (χ0v) is 16.8. The molecule has 2 aromatic rings. The number of aromatic nitrogens is 1. The number of rotatable bonds is 7. The fraction of sp³-hybridized carbons (Fsp3) is 0.381. The normalized spacial score (nSPS) is 24.0. The molecular formula is C21H17F6N3O3. The first-order chi connectivity index (χ1) is 15.5. The third kappa shape index (κ3) is 4.60. The van der Waals surface area contributed by atoms with Crippen LogP contribution in [0.5, 0.6) is 5.75 Å². The minimum atomic E-state index is -4.52. The average molecular weight is 473 g/mol. The largest absolute Gasteiger partial charge is 0.483 e. The van der Waals surface area contributed by atoms with Gasteiger partial charge in [0, 0.05) is 17.9 Å². The van der Waals surface area contributed by atoms with Gasteiger partial charge >= 0.3 is 6.18 Å². The molecule has 0 spiro atoms. The summed E-state index contributed by atoms with van der Waals surface area (Å²) in [6.07, 6.45) is -7.28. The minimum absolute atomic E-state index is 0.0839. The Balaban J connectivity index is 1.55. The van der Waals surface area contributed by atoms with E-state index in [9.17, 15) is 31.1 Å². The van der Waals surface area contributed by atoms with Gasteiger partial charge in [-0.2, -0.15) is 13.2 Å². The van der Waals surface area contributed by atoms with Crippen LogP contribution in [0.4, 0.5) is 26.3 Å². The number of fused-ring (bicyclic) bond motifs is 1. The van der Waals surface area contributed by atoms with E-state index >= 15 is 0 Å². The summed E-state index contributed by atoms with van der Waals surface area (Å²) in [6.45, 7) is -1.51. The van der Waals surface area contributed by atoms with E-state index in [4.69, 9.17) is 10.5 Å². The van der Waals surface area contributed by atoms with Crippen LogP contribution in [-0.2, 0) is 16.7 Å². The Morgan fingerprint density at radius 2 is 2.03 bits per heavy atom. The van der Waals surface area contributed by atoms with Crippen molar-refractivity contribution in [2.24, 2.45) is 16.6 Å². The van der Waals surface area contributed by atoms with Gasteiger partial charge < -0.3 is 15.2 Å². The fourth-order valence-corrected chi connectivity index (χ4v) is 3.86. The van der Waals surface area contributed by atoms with Crippen LogP contribution in [0.15, 0.2) is 41.5 Å². The van der Waals surface area contributed by atoms with Gasteiger partial charge in [0.2, 0.25) is 0 Å². The molecule has 12 heteroatoms. The number of ether oxygens (including phenoxy) is 2. The quantitative estimate of drug-likeness (QED) is 0.489. The van der Waals surface area contributed by atoms with E-state index in [1.165, 1.54) is 12.1 Å². The minimum Gasteiger partial charge on any atom is -0.483 e. The van der Waals surface area contributed by atoms with E-state index < -0.39 is 54.4 Å². The van der Waals surface area contributed by atoms with Crippen LogP contribution >= 0.6 is 0 Å². The van der Waals surface area contributed by atoms with Crippen LogP contribution in [0, 0.1) is 11.7 Å². The van der Waals surface area contributed by atoms with Crippen molar-refractivity contribution >= 4 is 11.8 Å². The number of nitrogens with two attached hydrogens (primary N) is 1. The van der Waals surface area contributed by atoms with Gasteiger partial charge in [0.1, 0.15) is 23.4 Å². The number of alkyl halides is 5. The highest BCUT2D eigenvalue weighted by atomic mass is 19.4. The number of amidine groups is 1. The molecular weight excluding hydrogens is 456 g/mol. The summed E-state index contributed by atoms with van der Waals surface area (Å²) in [5, 5.41) is 0. The van der Waals surface area contributed by atoms with Crippen molar-refractivity contribution in [3.63, 3.8) is 0 Å². The molecule has 1 aliphatic carbocycles. The highest BCUT2D eigenvalue weighted by Gasteiger charge is 2.64. The lowest BCUT2D eigenvalue weighted by Gasteiger charge is -2.33. The van der Waals surface area contributed by atoms with E-state index in [-0.39, 0.29) is 35.4 Å². The van der Waals surface area contributed by atoms with Crippen molar-refractivity contribution in [3.8, 4) is 5.75 Å². The van der Waals surface area contributed by atoms with E-state index in [0.717, 1.165) is 24.4 Å². The van der Waals surface area contributed by atoms with Gasteiger partial charge in [0.15, 0.2) is 17.9 Å². The van der Waals surface area contributed by atoms with Crippen LogP contribution in [0.2, 0.25) is 0 Å². The van der Waals surface area contributed by atoms with Crippen LogP contribution < -0.4 is 10.5 Å². The van der Waals surface area contributed by atoms with Gasteiger partial charge in [-0.1, -0.05) is 6.07 Å². The molecule has 1 aromatic carbocycles. The number of halogens is 6. The van der Waals surface area contributed by atoms with Crippen LogP contribution in [0.3, 0.4) is 0 Å². The molecule has 1 aliphatic heterocycles. The summed E-state index contributed by atoms with van der Waals surface area (Å²) in [4.78, 5) is 20.1. The second-order valence-electron chi connectivity index (χ2n) is 7.77. The smallest absolute Gasteiger partial charge is 0.422 e. The Morgan fingerprint density at radius 1 is 1.27 bits per heavy atom. The van der Waals surface area contributed by atoms with Crippen LogP contribution in [-0.4, -0.2) is 42.1 Å². The Morgan fingerprint density at radius 3 is 2.67 bits per heavy atom. The average Bonchev–Trinajstić information content (AvgIpc) is 3.52. The van der Waals surface area contributed by atoms with E-state index in [0.29, 0.717) is 0 Å². The maximum Gasteiger partial charge on any atom is 0.422 e. The third-order valence-electron chi connectivity index (χ3n) is 5.45. The monoisotopic (exact) mass is 473 g/mol. The van der Waals surface area contributed by atoms with Crippen molar-refractivity contribution in [2.45, 2.75) is 37.1 Å². The number of hydrogen-bond donors (Lipinski definition) is 1. The molecule has 0 saturated heterocycles. The Kier molecular flexibility index (Phi) is 5.71. The second-order valence-corrected chi connectivity index (χ2v) is 7.77. The standard InChI is InChI=1S/C21H17F6N3O3/c22-14-3-1-10(5-12(14)21(18(23)24)13-7-17(13)33-19(28)30-21)6-16(31)15-4-2-11(8-29-15)32-9-20(25,26)27/h1-5,8,13,17-18H,6-7,9H2,(H2,28,30)/t13-,17+,21+/m0/s1. The van der Waals surface area contributed by atoms with E-state index in [2.05, 4.69) is 14.7 Å². The van der Waals surface area contributed by atoms with Crippen molar-refractivity contribution in [1.82, 2.24) is 4.98 Å². The third-order valence-corrected chi connectivity index (χ3v) is 5.45. The summed E-state index contributed by atoms with van der Waals surface area (Å²) in [5.74, 6) is -2.41. The molecule has 0 amide bonds. The van der Waals surface area contributed by atoms with E-state index in [1.54, 1.807) is 0 Å². The Bertz CT molecular complexity index is 1090. The molecule has 3 atom stereocenters. The first-order valence-electron chi connectivity index (χ1n) is 9.77. The highest BCUT2D eigenvalue weighted by Crippen LogP contribution is 2.56. The highest BCUT2D eigenvalue weighted by molar-refractivity contribution is 5.95. The summed E-state index contributed by atoms with van der Waals surface area (Å²) >= 11 is 0. The number of nitrogens with zero attached hydrogens (tertiary/aromatic N) is 2. The molecule has 0 bridgehead atoms. The van der Waals surface area contributed by atoms with Gasteiger partial charge in [0.05, 0.1) is 6.20 Å². The molecule has 2 N–H and O–H groups in total. The number of ketones is 1. The van der Waals surface area contributed by atoms with Crippen molar-refractivity contribution < 1.29 is 40.6 Å². The lowest BCUT2D eigenvalue weighted by atomic mass is 9.83. The molecule has 0 unspecified atom stereocenters. The molecule has 2 aliphatic rings. The van der Waals surface area contributed by atoms with Gasteiger partial charge in [-0.3, -0.25) is 4.79 Å². The predicted molar refractivity (Wildman–Crippen MR) is 103 cm³/mol. The van der Waals surface area contributed by atoms with Crippen LogP contribution in [0.25, 0.3) is 0 Å². The number of pyridine rings is 1. The number of hydrogen-bond acceptors (Lipinski definition) is 6. The molecule has 33 heavy (non-hydrogen) atoms. The topological polar surface area (TPSA) is 86.8 Å². The lowest BCUT2D eigenvalue weighted by molar-refractivity contribution is -0.153. The zero-order valence-electron chi connectivity index (χ0n) is 16.8. The van der Waals surface area contributed by atoms with E-state index in [1.807, 2.05) is 0 Å². The zero-order chi connectivity index (χ0) is 24.0. The van der Waals surface area contributed by atoms with Gasteiger partial charge in [0.25, 0.3) is 12.4 Å². The maximum absolute atomic E-state index is 14.7. The molecule has 1 aromatic heterocycles. The molecule has 176 valence electrons. The molecule has 1 saturated carbocycles. The number of Topliss-reactive ketones (excluding diaryl/α,β-unsaturated/α-hetero) is 1. The van der Waals surface area contributed by atoms with Gasteiger partial charge in [-0.15, -0.1) is 0 Å². The number of benzene rings is 1. The number of aliphatic imine (C=N–C) groups is 1. The van der Waals surface area contributed by atoms with Gasteiger partial charge in [-0.25, -0.2) is 23.1 Å². The first-order valence-corrected chi connectivity index (χ1v) is 9.77. The Hall–Kier alpha value is -3.31. The van der Waals surface area contributed by atoms with Crippen molar-refractivity contribution in [2.75, 3.05) is 6.61 Å². The first kappa shape index (κ1) is 22.9. The molecule has 6 nitrogen and oxygen atoms in total. The van der Waals surface area contributed by atoms with Crippen LogP contribution in [0.1, 0.15) is 28.0 Å². The molecule has 4 rings (SSSR count). The molecule has 1 fully saturated rings. The van der Waals surface area contributed by atoms with Crippen molar-refractivity contribution in [3.05, 3.63) is 59.2 Å². The summed E-state index contributed by atoms with van der Waals surface area (Å²) in [6, 6.07) is 5.28. The van der Waals surface area contributed by atoms with Crippen molar-refractivity contribution in [1.29, 1.82) is 0 Å². The summed E-state index contributed by atoms with van der Waals surface area (Å²) < 4.78 is 89.4. The Labute approximate surface area is 183 Å². The second kappa shape index (κ2) is 8.23. The molecule has 0 radical (unpaired) electrons. The van der Waals surface area contributed by atoms with Gasteiger partial charge in [-0.05, 0) is 36.2 Å². The maximum atomic E-state index is 14.7. The predicted octanol–water partition coefficient (Wildman–Crippen LogP) is 3.78. The number of carbonyl (C=O) groups is 1. The summed E-state index contributed by atoms with van der Waals surface area (Å²) in [7, 11) is 0. The number of carbonyl (C=O) groups excluding carboxylic acids is 1.